The lowest BCUT2D eigenvalue weighted by Gasteiger charge is -2.22. The van der Waals surface area contributed by atoms with E-state index in [4.69, 9.17) is 5.73 Å². The van der Waals surface area contributed by atoms with Gasteiger partial charge in [0.2, 0.25) is 5.91 Å². The number of fused-ring (bicyclic) bond motifs is 1. The molecule has 1 aromatic heterocycles. The van der Waals surface area contributed by atoms with Crippen LogP contribution < -0.4 is 5.73 Å². The molecule has 22 heavy (non-hydrogen) atoms. The van der Waals surface area contributed by atoms with Gasteiger partial charge in [0.15, 0.2) is 0 Å². The van der Waals surface area contributed by atoms with Crippen molar-refractivity contribution in [2.45, 2.75) is 40.0 Å². The Hall–Kier alpha value is -2.17. The molecule has 1 aliphatic heterocycles. The number of aromatic nitrogens is 1. The minimum absolute atomic E-state index is 0.0390. The molecule has 118 valence electrons. The average Bonchev–Trinajstić information content (AvgIpc) is 2.64. The van der Waals surface area contributed by atoms with Crippen LogP contribution in [0.5, 0.6) is 0 Å². The molecule has 0 atom stereocenters. The number of carbonyl (C=O) groups is 1. The van der Waals surface area contributed by atoms with Gasteiger partial charge in [-0.2, -0.15) is 0 Å². The number of aliphatic imine (C=N–C) groups is 1. The lowest BCUT2D eigenvalue weighted by atomic mass is 10.1. The van der Waals surface area contributed by atoms with Crippen molar-refractivity contribution in [2.75, 3.05) is 13.1 Å². The molecule has 1 aliphatic rings. The highest BCUT2D eigenvalue weighted by molar-refractivity contribution is 6.05. The highest BCUT2D eigenvalue weighted by atomic mass is 16.2. The quantitative estimate of drug-likeness (QED) is 0.909. The van der Waals surface area contributed by atoms with E-state index in [-0.39, 0.29) is 5.91 Å². The second-order valence-electron chi connectivity index (χ2n) is 5.66. The van der Waals surface area contributed by atoms with Crippen molar-refractivity contribution in [1.29, 1.82) is 0 Å². The Balaban J connectivity index is 2.36. The summed E-state index contributed by atoms with van der Waals surface area (Å²) in [6.07, 6.45) is 5.87. The minimum Gasteiger partial charge on any atom is -0.387 e. The maximum absolute atomic E-state index is 12.8. The number of hydrogen-bond donors (Lipinski definition) is 1. The Morgan fingerprint density at radius 3 is 2.64 bits per heavy atom. The van der Waals surface area contributed by atoms with E-state index in [2.05, 4.69) is 23.8 Å². The summed E-state index contributed by atoms with van der Waals surface area (Å²) in [4.78, 5) is 23.4. The van der Waals surface area contributed by atoms with Crippen molar-refractivity contribution in [1.82, 2.24) is 9.88 Å². The Bertz CT molecular complexity index is 613. The number of amides is 1. The first kappa shape index (κ1) is 16.2. The predicted molar refractivity (Wildman–Crippen MR) is 90.0 cm³/mol. The Morgan fingerprint density at radius 1 is 1.32 bits per heavy atom. The molecule has 0 aromatic carbocycles. The van der Waals surface area contributed by atoms with Crippen LogP contribution in [0.2, 0.25) is 0 Å². The van der Waals surface area contributed by atoms with Gasteiger partial charge in [-0.25, -0.2) is 4.99 Å². The van der Waals surface area contributed by atoms with Gasteiger partial charge in [0, 0.05) is 31.3 Å². The van der Waals surface area contributed by atoms with Gasteiger partial charge in [0.05, 0.1) is 11.4 Å². The normalized spacial score (nSPS) is 13.8. The summed E-state index contributed by atoms with van der Waals surface area (Å²) in [6.45, 7) is 7.63. The van der Waals surface area contributed by atoms with Crippen LogP contribution in [0.3, 0.4) is 0 Å². The van der Waals surface area contributed by atoms with E-state index in [1.807, 2.05) is 24.0 Å². The number of aryl methyl sites for hydroxylation is 1. The number of nitrogens with zero attached hydrogens (tertiary/aromatic N) is 3. The second kappa shape index (κ2) is 7.20. The third-order valence-corrected chi connectivity index (χ3v) is 3.53. The lowest BCUT2D eigenvalue weighted by Crippen LogP contribution is -2.34. The molecule has 0 saturated carbocycles. The van der Waals surface area contributed by atoms with Crippen LogP contribution in [0, 0.1) is 6.92 Å². The Labute approximate surface area is 131 Å². The predicted octanol–water partition coefficient (Wildman–Crippen LogP) is 2.81. The minimum atomic E-state index is 0.0390. The van der Waals surface area contributed by atoms with E-state index in [0.29, 0.717) is 23.5 Å². The molecule has 2 N–H and O–H groups in total. The SMILES string of the molecule is CCCN(CCC)C(=O)C1=Cc2ncc(C)cc2N=C(N)C1. The molecule has 0 unspecified atom stereocenters. The first-order valence-corrected chi connectivity index (χ1v) is 7.84. The third-order valence-electron chi connectivity index (χ3n) is 3.53. The fourth-order valence-corrected chi connectivity index (χ4v) is 2.57. The van der Waals surface area contributed by atoms with Crippen molar-refractivity contribution in [3.05, 3.63) is 29.1 Å². The molecule has 0 fully saturated rings. The number of rotatable bonds is 5. The van der Waals surface area contributed by atoms with Gasteiger partial charge in [-0.1, -0.05) is 13.8 Å². The average molecular weight is 300 g/mol. The van der Waals surface area contributed by atoms with Gasteiger partial charge in [-0.15, -0.1) is 0 Å². The van der Waals surface area contributed by atoms with Crippen molar-refractivity contribution in [3.63, 3.8) is 0 Å². The fourth-order valence-electron chi connectivity index (χ4n) is 2.57. The zero-order chi connectivity index (χ0) is 16.1. The maximum atomic E-state index is 12.8. The first-order valence-electron chi connectivity index (χ1n) is 7.84. The molecular weight excluding hydrogens is 276 g/mol. The summed E-state index contributed by atoms with van der Waals surface area (Å²) in [5.74, 6) is 0.496. The smallest absolute Gasteiger partial charge is 0.250 e. The van der Waals surface area contributed by atoms with Crippen LogP contribution in [-0.4, -0.2) is 34.7 Å². The van der Waals surface area contributed by atoms with Crippen LogP contribution >= 0.6 is 0 Å². The van der Waals surface area contributed by atoms with Crippen LogP contribution in [0.1, 0.15) is 44.4 Å². The van der Waals surface area contributed by atoms with Crippen molar-refractivity contribution < 1.29 is 4.79 Å². The van der Waals surface area contributed by atoms with Crippen LogP contribution in [-0.2, 0) is 4.79 Å². The Kier molecular flexibility index (Phi) is 5.31. The largest absolute Gasteiger partial charge is 0.387 e. The molecule has 2 rings (SSSR count). The van der Waals surface area contributed by atoms with Crippen LogP contribution in [0.15, 0.2) is 22.8 Å². The molecule has 0 bridgehead atoms. The van der Waals surface area contributed by atoms with Crippen LogP contribution in [0.4, 0.5) is 5.69 Å². The summed E-state index contributed by atoms with van der Waals surface area (Å²) in [7, 11) is 0. The molecule has 5 heteroatoms. The molecule has 0 aliphatic carbocycles. The topological polar surface area (TPSA) is 71.6 Å². The molecule has 2 heterocycles. The number of hydrogen-bond acceptors (Lipinski definition) is 4. The number of carbonyl (C=O) groups excluding carboxylic acids is 1. The van der Waals surface area contributed by atoms with Gasteiger partial charge < -0.3 is 10.6 Å². The number of pyridine rings is 1. The maximum Gasteiger partial charge on any atom is 0.250 e. The van der Waals surface area contributed by atoms with Gasteiger partial charge in [0.1, 0.15) is 5.84 Å². The van der Waals surface area contributed by atoms with E-state index in [9.17, 15) is 4.79 Å². The van der Waals surface area contributed by atoms with E-state index in [0.717, 1.165) is 37.2 Å². The van der Waals surface area contributed by atoms with E-state index < -0.39 is 0 Å². The molecular formula is C17H24N4O. The summed E-state index contributed by atoms with van der Waals surface area (Å²) in [5.41, 5.74) is 9.12. The van der Waals surface area contributed by atoms with E-state index >= 15 is 0 Å². The van der Waals surface area contributed by atoms with Gasteiger partial charge in [0.25, 0.3) is 0 Å². The standard InChI is InChI=1S/C17H24N4O/c1-4-6-21(7-5-2)17(22)13-9-14-15(20-16(18)10-13)8-12(3)11-19-14/h8-9,11H,4-7,10H2,1-3H3,(H2,18,20). The fraction of sp³-hybridized carbons (Fsp3) is 0.471. The summed E-state index contributed by atoms with van der Waals surface area (Å²) < 4.78 is 0. The number of amidine groups is 1. The monoisotopic (exact) mass is 300 g/mol. The van der Waals surface area contributed by atoms with Gasteiger partial charge in [-0.05, 0) is 37.5 Å². The second-order valence-corrected chi connectivity index (χ2v) is 5.66. The summed E-state index contributed by atoms with van der Waals surface area (Å²) in [5, 5.41) is 0. The summed E-state index contributed by atoms with van der Waals surface area (Å²) >= 11 is 0. The molecule has 0 radical (unpaired) electrons. The van der Waals surface area contributed by atoms with Crippen LogP contribution in [0.25, 0.3) is 6.08 Å². The number of nitrogens with two attached hydrogens (primary N) is 1. The van der Waals surface area contributed by atoms with Crippen molar-refractivity contribution in [2.24, 2.45) is 10.7 Å². The van der Waals surface area contributed by atoms with Gasteiger partial charge in [-0.3, -0.25) is 9.78 Å². The third kappa shape index (κ3) is 3.72. The zero-order valence-corrected chi connectivity index (χ0v) is 13.6. The molecule has 1 aromatic rings. The Morgan fingerprint density at radius 2 is 2.00 bits per heavy atom. The highest BCUT2D eigenvalue weighted by Gasteiger charge is 2.21. The molecule has 0 saturated heterocycles. The van der Waals surface area contributed by atoms with Crippen molar-refractivity contribution >= 4 is 23.5 Å². The molecule has 1 amide bonds. The van der Waals surface area contributed by atoms with E-state index in [1.54, 1.807) is 6.20 Å². The van der Waals surface area contributed by atoms with Crippen molar-refractivity contribution in [3.8, 4) is 0 Å². The zero-order valence-electron chi connectivity index (χ0n) is 13.6. The summed E-state index contributed by atoms with van der Waals surface area (Å²) in [6, 6.07) is 1.94. The van der Waals surface area contributed by atoms with Gasteiger partial charge >= 0.3 is 0 Å². The lowest BCUT2D eigenvalue weighted by molar-refractivity contribution is -0.127. The highest BCUT2D eigenvalue weighted by Crippen LogP contribution is 2.26. The van der Waals surface area contributed by atoms with E-state index in [1.165, 1.54) is 0 Å². The molecule has 0 spiro atoms. The molecule has 5 nitrogen and oxygen atoms in total. The first-order chi connectivity index (χ1) is 10.5.